The molecular weight excluding hydrogens is 228 g/mol. The van der Waals surface area contributed by atoms with Crippen molar-refractivity contribution < 1.29 is 9.53 Å². The Morgan fingerprint density at radius 2 is 2.17 bits per heavy atom. The lowest BCUT2D eigenvalue weighted by Crippen LogP contribution is -2.30. The zero-order chi connectivity index (χ0) is 12.6. The summed E-state index contributed by atoms with van der Waals surface area (Å²) in [5.74, 6) is 0. The highest BCUT2D eigenvalue weighted by molar-refractivity contribution is 5.67. The maximum atomic E-state index is 11.5. The fourth-order valence-corrected chi connectivity index (χ4v) is 1.79. The lowest BCUT2D eigenvalue weighted by Gasteiger charge is -2.14. The fraction of sp³-hybridized carbons (Fsp3) is 0.357. The van der Waals surface area contributed by atoms with Crippen molar-refractivity contribution in [2.75, 3.05) is 19.6 Å². The molecular formula is C14H18N2O2. The molecule has 0 fully saturated rings. The third kappa shape index (κ3) is 4.22. The molecule has 2 N–H and O–H groups in total. The van der Waals surface area contributed by atoms with Gasteiger partial charge in [0.05, 0.1) is 0 Å². The minimum absolute atomic E-state index is 0.313. The van der Waals surface area contributed by atoms with Gasteiger partial charge in [0.15, 0.2) is 0 Å². The maximum Gasteiger partial charge on any atom is 0.407 e. The summed E-state index contributed by atoms with van der Waals surface area (Å²) < 4.78 is 5.13. The van der Waals surface area contributed by atoms with Gasteiger partial charge in [0, 0.05) is 13.1 Å². The Bertz CT molecular complexity index is 415. The number of hydrogen-bond donors (Lipinski definition) is 2. The van der Waals surface area contributed by atoms with Gasteiger partial charge in [0.25, 0.3) is 0 Å². The molecule has 0 spiro atoms. The van der Waals surface area contributed by atoms with Gasteiger partial charge in [-0.15, -0.1) is 0 Å². The van der Waals surface area contributed by atoms with Crippen LogP contribution in [0.3, 0.4) is 0 Å². The molecule has 0 saturated carbocycles. The predicted molar refractivity (Wildman–Crippen MR) is 70.2 cm³/mol. The number of benzene rings is 1. The number of rotatable bonds is 4. The number of alkyl carbamates (subject to hydrolysis) is 1. The number of nitrogens with one attached hydrogen (secondary N) is 2. The molecule has 1 amide bonds. The summed E-state index contributed by atoms with van der Waals surface area (Å²) in [6.45, 7) is 2.76. The Kier molecular flexibility index (Phi) is 4.78. The molecule has 1 aliphatic heterocycles. The molecule has 0 saturated heterocycles. The van der Waals surface area contributed by atoms with Gasteiger partial charge in [-0.05, 0) is 18.5 Å². The summed E-state index contributed by atoms with van der Waals surface area (Å²) in [6.07, 6.45) is 2.73. The molecule has 18 heavy (non-hydrogen) atoms. The molecule has 0 atom stereocenters. The minimum Gasteiger partial charge on any atom is -0.445 e. The van der Waals surface area contributed by atoms with Gasteiger partial charge in [0.1, 0.15) is 6.61 Å². The molecule has 0 unspecified atom stereocenters. The Morgan fingerprint density at radius 1 is 1.33 bits per heavy atom. The van der Waals surface area contributed by atoms with Crippen molar-refractivity contribution in [3.63, 3.8) is 0 Å². The monoisotopic (exact) mass is 246 g/mol. The van der Waals surface area contributed by atoms with E-state index in [2.05, 4.69) is 16.7 Å². The smallest absolute Gasteiger partial charge is 0.407 e. The second kappa shape index (κ2) is 6.81. The first-order chi connectivity index (χ1) is 8.84. The quantitative estimate of drug-likeness (QED) is 0.797. The van der Waals surface area contributed by atoms with Gasteiger partial charge in [-0.3, -0.25) is 0 Å². The largest absolute Gasteiger partial charge is 0.445 e. The van der Waals surface area contributed by atoms with Crippen LogP contribution in [0.5, 0.6) is 0 Å². The van der Waals surface area contributed by atoms with Crippen LogP contribution in [0.2, 0.25) is 0 Å². The highest BCUT2D eigenvalue weighted by Crippen LogP contribution is 2.03. The van der Waals surface area contributed by atoms with E-state index in [0.29, 0.717) is 13.2 Å². The zero-order valence-electron chi connectivity index (χ0n) is 10.3. The van der Waals surface area contributed by atoms with Crippen LogP contribution in [0.25, 0.3) is 0 Å². The van der Waals surface area contributed by atoms with Gasteiger partial charge in [-0.1, -0.05) is 42.0 Å². The first kappa shape index (κ1) is 12.6. The fourth-order valence-electron chi connectivity index (χ4n) is 1.79. The maximum absolute atomic E-state index is 11.5. The lowest BCUT2D eigenvalue weighted by molar-refractivity contribution is 0.140. The minimum atomic E-state index is -0.363. The third-order valence-electron chi connectivity index (χ3n) is 2.83. The Labute approximate surface area is 107 Å². The van der Waals surface area contributed by atoms with Crippen LogP contribution in [0, 0.1) is 0 Å². The Balaban J connectivity index is 1.67. The van der Waals surface area contributed by atoms with Gasteiger partial charge < -0.3 is 15.4 Å². The van der Waals surface area contributed by atoms with Crippen molar-refractivity contribution in [1.82, 2.24) is 10.6 Å². The molecule has 0 bridgehead atoms. The normalized spacial score (nSPS) is 14.8. The van der Waals surface area contributed by atoms with Gasteiger partial charge in [-0.25, -0.2) is 4.79 Å². The van der Waals surface area contributed by atoms with Crippen LogP contribution in [0.15, 0.2) is 42.0 Å². The topological polar surface area (TPSA) is 50.4 Å². The second-order valence-corrected chi connectivity index (χ2v) is 4.23. The van der Waals surface area contributed by atoms with E-state index in [4.69, 9.17) is 4.74 Å². The van der Waals surface area contributed by atoms with E-state index >= 15 is 0 Å². The van der Waals surface area contributed by atoms with Crippen molar-refractivity contribution in [3.8, 4) is 0 Å². The van der Waals surface area contributed by atoms with E-state index in [0.717, 1.165) is 25.1 Å². The summed E-state index contributed by atoms with van der Waals surface area (Å²) in [4.78, 5) is 11.5. The number of carbonyl (C=O) groups excluding carboxylic acids is 1. The van der Waals surface area contributed by atoms with E-state index < -0.39 is 0 Å². The number of carbonyl (C=O) groups is 1. The summed E-state index contributed by atoms with van der Waals surface area (Å²) in [6, 6.07) is 9.66. The number of amides is 1. The summed E-state index contributed by atoms with van der Waals surface area (Å²) in [7, 11) is 0. The highest BCUT2D eigenvalue weighted by Gasteiger charge is 2.06. The van der Waals surface area contributed by atoms with Crippen LogP contribution in [-0.2, 0) is 11.3 Å². The van der Waals surface area contributed by atoms with Gasteiger partial charge in [-0.2, -0.15) is 0 Å². The molecule has 4 heteroatoms. The van der Waals surface area contributed by atoms with E-state index in [9.17, 15) is 4.79 Å². The molecule has 1 aromatic rings. The van der Waals surface area contributed by atoms with Crippen molar-refractivity contribution in [1.29, 1.82) is 0 Å². The molecule has 0 aromatic heterocycles. The molecule has 0 radical (unpaired) electrons. The van der Waals surface area contributed by atoms with Crippen LogP contribution in [-0.4, -0.2) is 25.7 Å². The summed E-state index contributed by atoms with van der Waals surface area (Å²) in [5, 5.41) is 5.99. The Morgan fingerprint density at radius 3 is 2.89 bits per heavy atom. The van der Waals surface area contributed by atoms with E-state index in [-0.39, 0.29) is 6.09 Å². The van der Waals surface area contributed by atoms with Crippen LogP contribution in [0.1, 0.15) is 12.0 Å². The molecule has 4 nitrogen and oxygen atoms in total. The first-order valence-electron chi connectivity index (χ1n) is 6.18. The van der Waals surface area contributed by atoms with Gasteiger partial charge >= 0.3 is 6.09 Å². The van der Waals surface area contributed by atoms with Crippen molar-refractivity contribution in [3.05, 3.63) is 47.5 Å². The molecule has 2 rings (SSSR count). The van der Waals surface area contributed by atoms with E-state index in [1.807, 2.05) is 30.3 Å². The zero-order valence-corrected chi connectivity index (χ0v) is 10.3. The van der Waals surface area contributed by atoms with E-state index in [1.165, 1.54) is 5.57 Å². The average Bonchev–Trinajstić information content (AvgIpc) is 2.45. The van der Waals surface area contributed by atoms with Crippen molar-refractivity contribution in [2.45, 2.75) is 13.0 Å². The van der Waals surface area contributed by atoms with Gasteiger partial charge in [0.2, 0.25) is 0 Å². The van der Waals surface area contributed by atoms with Crippen molar-refractivity contribution in [2.24, 2.45) is 0 Å². The predicted octanol–water partition coefficient (Wildman–Crippen LogP) is 1.83. The summed E-state index contributed by atoms with van der Waals surface area (Å²) in [5.41, 5.74) is 2.25. The lowest BCUT2D eigenvalue weighted by atomic mass is 10.1. The van der Waals surface area contributed by atoms with Crippen molar-refractivity contribution >= 4 is 6.09 Å². The number of ether oxygens (including phenoxy) is 1. The van der Waals surface area contributed by atoms with E-state index in [1.54, 1.807) is 0 Å². The SMILES string of the molecule is O=C(NCC1=CCNCC1)OCc1ccccc1. The molecule has 1 aromatic carbocycles. The molecule has 0 aliphatic carbocycles. The molecule has 96 valence electrons. The Hall–Kier alpha value is -1.81. The molecule has 1 aliphatic rings. The third-order valence-corrected chi connectivity index (χ3v) is 2.83. The highest BCUT2D eigenvalue weighted by atomic mass is 16.5. The second-order valence-electron chi connectivity index (χ2n) is 4.23. The summed E-state index contributed by atoms with van der Waals surface area (Å²) >= 11 is 0. The first-order valence-corrected chi connectivity index (χ1v) is 6.18. The van der Waals surface area contributed by atoms with Crippen LogP contribution >= 0.6 is 0 Å². The average molecular weight is 246 g/mol. The number of hydrogen-bond acceptors (Lipinski definition) is 3. The van der Waals surface area contributed by atoms with Crippen LogP contribution in [0.4, 0.5) is 4.79 Å². The molecule has 1 heterocycles. The van der Waals surface area contributed by atoms with Crippen LogP contribution < -0.4 is 10.6 Å². The standard InChI is InChI=1S/C14H18N2O2/c17-14(16-10-12-6-8-15-9-7-12)18-11-13-4-2-1-3-5-13/h1-6,15H,7-11H2,(H,16,17).